The second-order valence-corrected chi connectivity index (χ2v) is 10.7. The Hall–Kier alpha value is -2.23. The van der Waals surface area contributed by atoms with Crippen LogP contribution in [0.5, 0.6) is 0 Å². The van der Waals surface area contributed by atoms with E-state index in [1.165, 1.54) is 28.4 Å². The van der Waals surface area contributed by atoms with Crippen molar-refractivity contribution in [1.29, 1.82) is 0 Å². The first-order valence-electron chi connectivity index (χ1n) is 9.09. The first kappa shape index (κ1) is 23.1. The molecule has 0 aliphatic heterocycles. The van der Waals surface area contributed by atoms with Gasteiger partial charge in [-0.15, -0.1) is 11.3 Å². The first-order chi connectivity index (χ1) is 13.4. The van der Waals surface area contributed by atoms with Crippen molar-refractivity contribution in [3.8, 4) is 0 Å². The Balaban J connectivity index is 2.24. The smallest absolute Gasteiger partial charge is 0.241 e. The van der Waals surface area contributed by atoms with Crippen LogP contribution < -0.4 is 10.5 Å². The van der Waals surface area contributed by atoms with Crippen LogP contribution in [0.15, 0.2) is 46.7 Å². The SMILES string of the molecule is Cc1ccc(S(=O)(=O)NCC(=O)N(Cc2cccs2)C(C(N)=O)C(C)(C)C)cc1. The van der Waals surface area contributed by atoms with Gasteiger partial charge in [0.25, 0.3) is 0 Å². The Kier molecular flexibility index (Phi) is 7.20. The molecule has 1 heterocycles. The molecular weight excluding hydrogens is 410 g/mol. The highest BCUT2D eigenvalue weighted by atomic mass is 32.2. The Morgan fingerprint density at radius 3 is 2.28 bits per heavy atom. The summed E-state index contributed by atoms with van der Waals surface area (Å²) in [5.74, 6) is -1.16. The van der Waals surface area contributed by atoms with E-state index in [4.69, 9.17) is 5.73 Å². The summed E-state index contributed by atoms with van der Waals surface area (Å²) in [7, 11) is -3.86. The molecule has 0 saturated carbocycles. The summed E-state index contributed by atoms with van der Waals surface area (Å²) < 4.78 is 27.4. The minimum absolute atomic E-state index is 0.0722. The number of rotatable bonds is 8. The Bertz CT molecular complexity index is 947. The Morgan fingerprint density at radius 1 is 1.17 bits per heavy atom. The average Bonchev–Trinajstić information content (AvgIpc) is 3.11. The number of sulfonamides is 1. The van der Waals surface area contributed by atoms with Gasteiger partial charge in [-0.3, -0.25) is 9.59 Å². The normalized spacial score (nSPS) is 13.1. The maximum atomic E-state index is 13.0. The van der Waals surface area contributed by atoms with Crippen LogP contribution >= 0.6 is 11.3 Å². The molecule has 0 saturated heterocycles. The molecule has 9 heteroatoms. The van der Waals surface area contributed by atoms with Crippen molar-refractivity contribution in [1.82, 2.24) is 9.62 Å². The second kappa shape index (κ2) is 9.06. The fourth-order valence-corrected chi connectivity index (χ4v) is 4.68. The first-order valence-corrected chi connectivity index (χ1v) is 11.5. The molecule has 2 amide bonds. The van der Waals surface area contributed by atoms with E-state index < -0.39 is 39.8 Å². The van der Waals surface area contributed by atoms with E-state index in [1.807, 2.05) is 45.2 Å². The third-order valence-electron chi connectivity index (χ3n) is 4.37. The van der Waals surface area contributed by atoms with Crippen molar-refractivity contribution in [2.24, 2.45) is 11.1 Å². The van der Waals surface area contributed by atoms with E-state index in [1.54, 1.807) is 12.1 Å². The summed E-state index contributed by atoms with van der Waals surface area (Å²) in [5.41, 5.74) is 5.92. The number of carbonyl (C=O) groups is 2. The number of amides is 2. The molecule has 0 bridgehead atoms. The monoisotopic (exact) mass is 437 g/mol. The number of nitrogens with zero attached hydrogens (tertiary/aromatic N) is 1. The van der Waals surface area contributed by atoms with Crippen LogP contribution in [-0.4, -0.2) is 37.7 Å². The molecule has 2 aromatic rings. The van der Waals surface area contributed by atoms with Gasteiger partial charge < -0.3 is 10.6 Å². The molecule has 0 aliphatic rings. The zero-order chi connectivity index (χ0) is 21.8. The highest BCUT2D eigenvalue weighted by Gasteiger charge is 2.38. The van der Waals surface area contributed by atoms with Crippen molar-refractivity contribution in [3.05, 3.63) is 52.2 Å². The van der Waals surface area contributed by atoms with Gasteiger partial charge in [0, 0.05) is 4.88 Å². The van der Waals surface area contributed by atoms with Crippen LogP contribution in [0.3, 0.4) is 0 Å². The number of nitrogens with one attached hydrogen (secondary N) is 1. The lowest BCUT2D eigenvalue weighted by molar-refractivity contribution is -0.143. The number of hydrogen-bond acceptors (Lipinski definition) is 5. The van der Waals surface area contributed by atoms with Crippen molar-refractivity contribution in [2.45, 2.75) is 45.2 Å². The van der Waals surface area contributed by atoms with E-state index in [9.17, 15) is 18.0 Å². The third-order valence-corrected chi connectivity index (χ3v) is 6.65. The van der Waals surface area contributed by atoms with Crippen molar-refractivity contribution in [2.75, 3.05) is 6.54 Å². The van der Waals surface area contributed by atoms with Gasteiger partial charge in [-0.05, 0) is 35.9 Å². The van der Waals surface area contributed by atoms with Crippen LogP contribution in [0.25, 0.3) is 0 Å². The van der Waals surface area contributed by atoms with Crippen molar-refractivity contribution < 1.29 is 18.0 Å². The number of aryl methyl sites for hydroxylation is 1. The van der Waals surface area contributed by atoms with Gasteiger partial charge in [-0.1, -0.05) is 44.5 Å². The molecule has 0 aliphatic carbocycles. The molecule has 7 nitrogen and oxygen atoms in total. The van der Waals surface area contributed by atoms with Crippen LogP contribution in [0.1, 0.15) is 31.2 Å². The van der Waals surface area contributed by atoms with E-state index in [0.29, 0.717) is 0 Å². The molecule has 0 fully saturated rings. The van der Waals surface area contributed by atoms with Gasteiger partial charge in [-0.25, -0.2) is 13.1 Å². The van der Waals surface area contributed by atoms with Gasteiger partial charge in [0.05, 0.1) is 18.0 Å². The molecule has 3 N–H and O–H groups in total. The number of nitrogens with two attached hydrogens (primary N) is 1. The second-order valence-electron chi connectivity index (χ2n) is 7.91. The predicted octanol–water partition coefficient (Wildman–Crippen LogP) is 2.26. The van der Waals surface area contributed by atoms with Crippen LogP contribution in [0.4, 0.5) is 0 Å². The summed E-state index contributed by atoms with van der Waals surface area (Å²) in [6.45, 7) is 7.00. The van der Waals surface area contributed by atoms with Crippen molar-refractivity contribution >= 4 is 33.2 Å². The number of carbonyl (C=O) groups excluding carboxylic acids is 2. The molecule has 1 aromatic carbocycles. The minimum atomic E-state index is -3.86. The van der Waals surface area contributed by atoms with E-state index in [0.717, 1.165) is 10.4 Å². The highest BCUT2D eigenvalue weighted by Crippen LogP contribution is 2.27. The maximum absolute atomic E-state index is 13.0. The average molecular weight is 438 g/mol. The highest BCUT2D eigenvalue weighted by molar-refractivity contribution is 7.89. The summed E-state index contributed by atoms with van der Waals surface area (Å²) >= 11 is 1.45. The van der Waals surface area contributed by atoms with E-state index in [-0.39, 0.29) is 11.4 Å². The summed E-state index contributed by atoms with van der Waals surface area (Å²) in [6, 6.07) is 9.13. The van der Waals surface area contributed by atoms with Crippen molar-refractivity contribution in [3.63, 3.8) is 0 Å². The molecular formula is C20H27N3O4S2. The van der Waals surface area contributed by atoms with Gasteiger partial charge in [0.2, 0.25) is 21.8 Å². The summed E-state index contributed by atoms with van der Waals surface area (Å²) in [6.07, 6.45) is 0. The van der Waals surface area contributed by atoms with Gasteiger partial charge in [0.15, 0.2) is 0 Å². The number of thiophene rings is 1. The van der Waals surface area contributed by atoms with Crippen LogP contribution in [0.2, 0.25) is 0 Å². The fraction of sp³-hybridized carbons (Fsp3) is 0.400. The van der Waals surface area contributed by atoms with Gasteiger partial charge >= 0.3 is 0 Å². The minimum Gasteiger partial charge on any atom is -0.368 e. The molecule has 0 radical (unpaired) electrons. The lowest BCUT2D eigenvalue weighted by atomic mass is 9.85. The molecule has 1 aromatic heterocycles. The quantitative estimate of drug-likeness (QED) is 0.660. The topological polar surface area (TPSA) is 110 Å². The Morgan fingerprint density at radius 2 is 1.79 bits per heavy atom. The predicted molar refractivity (Wildman–Crippen MR) is 114 cm³/mol. The molecule has 2 rings (SSSR count). The number of primary amides is 1. The zero-order valence-electron chi connectivity index (χ0n) is 17.0. The van der Waals surface area contributed by atoms with E-state index in [2.05, 4.69) is 4.72 Å². The maximum Gasteiger partial charge on any atom is 0.241 e. The third kappa shape index (κ3) is 6.12. The van der Waals surface area contributed by atoms with Gasteiger partial charge in [-0.2, -0.15) is 0 Å². The molecule has 158 valence electrons. The lowest BCUT2D eigenvalue weighted by Gasteiger charge is -2.38. The molecule has 1 atom stereocenters. The van der Waals surface area contributed by atoms with E-state index >= 15 is 0 Å². The lowest BCUT2D eigenvalue weighted by Crippen LogP contribution is -2.55. The summed E-state index contributed by atoms with van der Waals surface area (Å²) in [4.78, 5) is 27.5. The molecule has 0 spiro atoms. The van der Waals surface area contributed by atoms with Crippen LogP contribution in [-0.2, 0) is 26.2 Å². The largest absolute Gasteiger partial charge is 0.368 e. The zero-order valence-corrected chi connectivity index (χ0v) is 18.6. The molecule has 1 unspecified atom stereocenters. The van der Waals surface area contributed by atoms with Crippen LogP contribution in [0, 0.1) is 12.3 Å². The fourth-order valence-electron chi connectivity index (χ4n) is 3.00. The summed E-state index contributed by atoms with van der Waals surface area (Å²) in [5, 5.41) is 1.87. The standard InChI is InChI=1S/C20H27N3O4S2/c1-14-7-9-16(10-8-14)29(26,27)22-12-17(24)23(13-15-6-5-11-28-15)18(19(21)25)20(2,3)4/h5-11,18,22H,12-13H2,1-4H3,(H2,21,25). The van der Waals surface area contributed by atoms with Gasteiger partial charge in [0.1, 0.15) is 6.04 Å². The Labute approximate surface area is 176 Å². The molecule has 29 heavy (non-hydrogen) atoms. The number of benzene rings is 1. The number of hydrogen-bond donors (Lipinski definition) is 2.